The summed E-state index contributed by atoms with van der Waals surface area (Å²) in [5, 5.41) is 3.21. The van der Waals surface area contributed by atoms with Gasteiger partial charge in [0.05, 0.1) is 12.5 Å². The smallest absolute Gasteiger partial charge is 0.381 e. The van der Waals surface area contributed by atoms with Crippen molar-refractivity contribution in [2.24, 2.45) is 5.92 Å². The van der Waals surface area contributed by atoms with Crippen LogP contribution in [0.3, 0.4) is 0 Å². The molecule has 1 atom stereocenters. The van der Waals surface area contributed by atoms with Crippen LogP contribution in [0.25, 0.3) is 0 Å². The molecule has 94 valence electrons. The number of halogens is 3. The molecule has 1 aromatic rings. The zero-order valence-electron chi connectivity index (χ0n) is 8.58. The quantitative estimate of drug-likeness (QED) is 0.892. The van der Waals surface area contributed by atoms with Gasteiger partial charge in [-0.1, -0.05) is 0 Å². The minimum absolute atomic E-state index is 0.0331. The monoisotopic (exact) mass is 266 g/mol. The number of hydrogen-bond donors (Lipinski definition) is 1. The average molecular weight is 266 g/mol. The van der Waals surface area contributed by atoms with Crippen LogP contribution in [-0.2, 0) is 15.7 Å². The van der Waals surface area contributed by atoms with E-state index in [1.807, 2.05) is 0 Å². The molecule has 4 nitrogen and oxygen atoms in total. The number of hydrogen-bond acceptors (Lipinski definition) is 4. The second-order valence-electron chi connectivity index (χ2n) is 3.59. The molecule has 8 heteroatoms. The maximum absolute atomic E-state index is 12.3. The molecule has 1 aromatic heterocycles. The molecule has 1 N–H and O–H groups in total. The first-order valence-electron chi connectivity index (χ1n) is 4.88. The van der Waals surface area contributed by atoms with E-state index in [4.69, 9.17) is 4.74 Å². The largest absolute Gasteiger partial charge is 0.434 e. The second-order valence-corrected chi connectivity index (χ2v) is 4.44. The highest BCUT2D eigenvalue weighted by Gasteiger charge is 2.34. The molecule has 0 aromatic carbocycles. The van der Waals surface area contributed by atoms with Gasteiger partial charge in [-0.15, -0.1) is 11.3 Å². The molecule has 1 unspecified atom stereocenters. The molecule has 1 aliphatic heterocycles. The lowest BCUT2D eigenvalue weighted by atomic mass is 10.1. The van der Waals surface area contributed by atoms with E-state index in [1.165, 1.54) is 0 Å². The van der Waals surface area contributed by atoms with Gasteiger partial charge in [0.2, 0.25) is 5.91 Å². The van der Waals surface area contributed by atoms with Gasteiger partial charge in [0.1, 0.15) is 0 Å². The van der Waals surface area contributed by atoms with Crippen molar-refractivity contribution in [2.75, 3.05) is 18.5 Å². The number of thiazole rings is 1. The van der Waals surface area contributed by atoms with Gasteiger partial charge in [-0.25, -0.2) is 4.98 Å². The first-order chi connectivity index (χ1) is 7.97. The Balaban J connectivity index is 1.99. The van der Waals surface area contributed by atoms with E-state index in [0.717, 1.165) is 16.7 Å². The normalized spacial score (nSPS) is 20.5. The standard InChI is InChI=1S/C9H9F3N2O2S/c10-9(11,12)6-4-17-8(13-6)14-7(15)5-1-2-16-3-5/h4-5H,1-3H2,(H,13,14,15). The van der Waals surface area contributed by atoms with E-state index in [0.29, 0.717) is 19.6 Å². The van der Waals surface area contributed by atoms with Crippen molar-refractivity contribution in [3.63, 3.8) is 0 Å². The maximum Gasteiger partial charge on any atom is 0.434 e. The number of ether oxygens (including phenoxy) is 1. The Morgan fingerprint density at radius 1 is 1.59 bits per heavy atom. The SMILES string of the molecule is O=C(Nc1nc(C(F)(F)F)cs1)C1CCOC1. The molecule has 1 saturated heterocycles. The Kier molecular flexibility index (Phi) is 3.34. The molecular formula is C9H9F3N2O2S. The van der Waals surface area contributed by atoms with E-state index in [9.17, 15) is 18.0 Å². The molecule has 0 spiro atoms. The minimum atomic E-state index is -4.48. The lowest BCUT2D eigenvalue weighted by Crippen LogP contribution is -2.22. The van der Waals surface area contributed by atoms with Crippen LogP contribution in [0.5, 0.6) is 0 Å². The predicted molar refractivity (Wildman–Crippen MR) is 54.7 cm³/mol. The molecule has 0 bridgehead atoms. The molecule has 1 amide bonds. The molecule has 1 aliphatic rings. The van der Waals surface area contributed by atoms with Crippen molar-refractivity contribution in [3.8, 4) is 0 Å². The highest BCUT2D eigenvalue weighted by Crippen LogP contribution is 2.31. The molecule has 0 saturated carbocycles. The number of carbonyl (C=O) groups excluding carboxylic acids is 1. The van der Waals surface area contributed by atoms with Crippen LogP contribution in [0.4, 0.5) is 18.3 Å². The first kappa shape index (κ1) is 12.3. The number of nitrogens with zero attached hydrogens (tertiary/aromatic N) is 1. The summed E-state index contributed by atoms with van der Waals surface area (Å²) < 4.78 is 41.8. The van der Waals surface area contributed by atoms with E-state index in [1.54, 1.807) is 0 Å². The van der Waals surface area contributed by atoms with Gasteiger partial charge >= 0.3 is 6.18 Å². The van der Waals surface area contributed by atoms with E-state index in [-0.39, 0.29) is 17.0 Å². The maximum atomic E-state index is 12.3. The van der Waals surface area contributed by atoms with Gasteiger partial charge in [0.15, 0.2) is 10.8 Å². The van der Waals surface area contributed by atoms with Crippen molar-refractivity contribution in [2.45, 2.75) is 12.6 Å². The van der Waals surface area contributed by atoms with Crippen molar-refractivity contribution < 1.29 is 22.7 Å². The highest BCUT2D eigenvalue weighted by molar-refractivity contribution is 7.13. The number of rotatable bonds is 2. The number of alkyl halides is 3. The number of nitrogens with one attached hydrogen (secondary N) is 1. The third-order valence-electron chi connectivity index (χ3n) is 2.33. The zero-order chi connectivity index (χ0) is 12.5. The van der Waals surface area contributed by atoms with Gasteiger partial charge in [-0.05, 0) is 6.42 Å². The third-order valence-corrected chi connectivity index (χ3v) is 3.08. The van der Waals surface area contributed by atoms with Crippen LogP contribution in [0.2, 0.25) is 0 Å². The molecule has 0 aliphatic carbocycles. The summed E-state index contributed by atoms with van der Waals surface area (Å²) in [4.78, 5) is 14.9. The highest BCUT2D eigenvalue weighted by atomic mass is 32.1. The summed E-state index contributed by atoms with van der Waals surface area (Å²) in [5.41, 5.74) is -0.986. The summed E-state index contributed by atoms with van der Waals surface area (Å²) >= 11 is 0.760. The minimum Gasteiger partial charge on any atom is -0.381 e. The van der Waals surface area contributed by atoms with E-state index in [2.05, 4.69) is 10.3 Å². The Labute approximate surface area is 98.8 Å². The molecule has 1 fully saturated rings. The van der Waals surface area contributed by atoms with Crippen molar-refractivity contribution in [1.29, 1.82) is 0 Å². The lowest BCUT2D eigenvalue weighted by Gasteiger charge is -2.06. The van der Waals surface area contributed by atoms with Crippen LogP contribution in [0.15, 0.2) is 5.38 Å². The topological polar surface area (TPSA) is 51.2 Å². The third kappa shape index (κ3) is 2.95. The van der Waals surface area contributed by atoms with Crippen LogP contribution >= 0.6 is 11.3 Å². The van der Waals surface area contributed by atoms with E-state index >= 15 is 0 Å². The lowest BCUT2D eigenvalue weighted by molar-refractivity contribution is -0.140. The Hall–Kier alpha value is -1.15. The first-order valence-corrected chi connectivity index (χ1v) is 5.76. The van der Waals surface area contributed by atoms with E-state index < -0.39 is 11.9 Å². The molecule has 17 heavy (non-hydrogen) atoms. The zero-order valence-corrected chi connectivity index (χ0v) is 9.40. The Morgan fingerprint density at radius 2 is 2.35 bits per heavy atom. The van der Waals surface area contributed by atoms with Gasteiger partial charge < -0.3 is 10.1 Å². The molecule has 2 heterocycles. The number of anilines is 1. The fraction of sp³-hybridized carbons (Fsp3) is 0.556. The summed E-state index contributed by atoms with van der Waals surface area (Å²) in [6, 6.07) is 0. The Bertz CT molecular complexity index is 413. The van der Waals surface area contributed by atoms with Crippen LogP contribution in [0, 0.1) is 5.92 Å². The van der Waals surface area contributed by atoms with Gasteiger partial charge in [0.25, 0.3) is 0 Å². The fourth-order valence-corrected chi connectivity index (χ4v) is 2.13. The average Bonchev–Trinajstić information content (AvgIpc) is 2.85. The molecule has 2 rings (SSSR count). The fourth-order valence-electron chi connectivity index (χ4n) is 1.41. The Morgan fingerprint density at radius 3 is 2.88 bits per heavy atom. The summed E-state index contributed by atoms with van der Waals surface area (Å²) in [7, 11) is 0. The number of amides is 1. The summed E-state index contributed by atoms with van der Waals surface area (Å²) in [5.74, 6) is -0.640. The predicted octanol–water partition coefficient (Wildman–Crippen LogP) is 2.14. The van der Waals surface area contributed by atoms with Crippen LogP contribution in [0.1, 0.15) is 12.1 Å². The second kappa shape index (κ2) is 4.61. The van der Waals surface area contributed by atoms with Gasteiger partial charge in [-0.3, -0.25) is 4.79 Å². The van der Waals surface area contributed by atoms with Crippen molar-refractivity contribution in [3.05, 3.63) is 11.1 Å². The van der Waals surface area contributed by atoms with Crippen molar-refractivity contribution in [1.82, 2.24) is 4.98 Å². The summed E-state index contributed by atoms with van der Waals surface area (Å²) in [6.45, 7) is 0.813. The van der Waals surface area contributed by atoms with Gasteiger partial charge in [0, 0.05) is 12.0 Å². The molecule has 0 radical (unpaired) electrons. The summed E-state index contributed by atoms with van der Waals surface area (Å²) in [6.07, 6.45) is -3.89. The number of carbonyl (C=O) groups is 1. The number of aromatic nitrogens is 1. The van der Waals surface area contributed by atoms with Gasteiger partial charge in [-0.2, -0.15) is 13.2 Å². The van der Waals surface area contributed by atoms with Crippen molar-refractivity contribution >= 4 is 22.4 Å². The molecular weight excluding hydrogens is 257 g/mol. The van der Waals surface area contributed by atoms with Crippen LogP contribution in [-0.4, -0.2) is 24.1 Å². The van der Waals surface area contributed by atoms with Crippen LogP contribution < -0.4 is 5.32 Å².